The molecule has 0 aliphatic rings. The third-order valence-electron chi connectivity index (χ3n) is 5.22. The summed E-state index contributed by atoms with van der Waals surface area (Å²) in [4.78, 5) is 11.0. The lowest BCUT2D eigenvalue weighted by atomic mass is 9.80. The minimum Gasteiger partial charge on any atom is -0.463 e. The Balaban J connectivity index is 1.94. The van der Waals surface area contributed by atoms with Crippen molar-refractivity contribution in [2.24, 2.45) is 0 Å². The van der Waals surface area contributed by atoms with Crippen molar-refractivity contribution in [3.63, 3.8) is 0 Å². The van der Waals surface area contributed by atoms with Crippen LogP contribution in [0, 0.1) is 0 Å². The van der Waals surface area contributed by atoms with E-state index in [-0.39, 0.29) is 38.5 Å². The van der Waals surface area contributed by atoms with Crippen LogP contribution in [0.4, 0.5) is 0 Å². The number of hydrogen-bond acceptors (Lipinski definition) is 5. The SMILES string of the molecule is CC(=O)OCCO[C@@H](CCO)COC(c1ccccc1)(c1ccccc1)c1ccccc1. The first-order valence-electron chi connectivity index (χ1n) is 10.8. The summed E-state index contributed by atoms with van der Waals surface area (Å²) in [5.41, 5.74) is 2.15. The average Bonchev–Trinajstić information content (AvgIpc) is 2.84. The maximum absolute atomic E-state index is 11.0. The van der Waals surface area contributed by atoms with Crippen LogP contribution < -0.4 is 0 Å². The maximum atomic E-state index is 11.0. The molecule has 0 unspecified atom stereocenters. The highest BCUT2D eigenvalue weighted by Crippen LogP contribution is 2.40. The second-order valence-corrected chi connectivity index (χ2v) is 7.44. The van der Waals surface area contributed by atoms with Crippen LogP contribution in [0.5, 0.6) is 0 Å². The van der Waals surface area contributed by atoms with E-state index in [1.165, 1.54) is 6.92 Å². The molecular formula is C27H30O5. The molecule has 5 heteroatoms. The number of carbonyl (C=O) groups is 1. The van der Waals surface area contributed by atoms with Crippen molar-refractivity contribution in [3.8, 4) is 0 Å². The van der Waals surface area contributed by atoms with Crippen LogP contribution in [0.15, 0.2) is 91.0 Å². The Labute approximate surface area is 189 Å². The van der Waals surface area contributed by atoms with E-state index in [0.29, 0.717) is 6.42 Å². The van der Waals surface area contributed by atoms with E-state index in [4.69, 9.17) is 14.2 Å². The van der Waals surface area contributed by atoms with Gasteiger partial charge in [0.2, 0.25) is 0 Å². The van der Waals surface area contributed by atoms with E-state index in [1.807, 2.05) is 54.6 Å². The molecule has 3 aromatic rings. The molecule has 3 rings (SSSR count). The Morgan fingerprint density at radius 3 is 1.69 bits per heavy atom. The lowest BCUT2D eigenvalue weighted by Gasteiger charge is -2.37. The molecule has 32 heavy (non-hydrogen) atoms. The molecule has 0 amide bonds. The molecule has 0 fully saturated rings. The van der Waals surface area contributed by atoms with Gasteiger partial charge in [0.15, 0.2) is 0 Å². The number of benzene rings is 3. The largest absolute Gasteiger partial charge is 0.463 e. The number of hydrogen-bond donors (Lipinski definition) is 1. The summed E-state index contributed by atoms with van der Waals surface area (Å²) in [6.07, 6.45) is 0.0557. The molecule has 0 aromatic heterocycles. The van der Waals surface area contributed by atoms with E-state index in [2.05, 4.69) is 36.4 Å². The standard InChI is InChI=1S/C27H30O5/c1-22(29)30-19-20-31-26(17-18-28)21-32-27(23-11-5-2-6-12-23,24-13-7-3-8-14-24)25-15-9-4-10-16-25/h2-16,26,28H,17-21H2,1H3/t26-/m0/s1. The second-order valence-electron chi connectivity index (χ2n) is 7.44. The molecule has 0 bridgehead atoms. The number of aliphatic hydroxyl groups is 1. The highest BCUT2D eigenvalue weighted by Gasteiger charge is 2.38. The van der Waals surface area contributed by atoms with Gasteiger partial charge in [0.05, 0.1) is 19.3 Å². The number of carbonyl (C=O) groups excluding carboxylic acids is 1. The van der Waals surface area contributed by atoms with Gasteiger partial charge in [-0.3, -0.25) is 4.79 Å². The predicted molar refractivity (Wildman–Crippen MR) is 123 cm³/mol. The Kier molecular flexibility index (Phi) is 8.99. The molecule has 0 heterocycles. The van der Waals surface area contributed by atoms with Gasteiger partial charge in [-0.15, -0.1) is 0 Å². The summed E-state index contributed by atoms with van der Waals surface area (Å²) in [5, 5.41) is 9.54. The topological polar surface area (TPSA) is 65.0 Å². The Morgan fingerprint density at radius 1 is 0.812 bits per heavy atom. The summed E-state index contributed by atoms with van der Waals surface area (Å²) >= 11 is 0. The molecule has 3 aromatic carbocycles. The zero-order valence-electron chi connectivity index (χ0n) is 18.4. The molecule has 5 nitrogen and oxygen atoms in total. The van der Waals surface area contributed by atoms with Crippen LogP contribution in [0.1, 0.15) is 30.0 Å². The van der Waals surface area contributed by atoms with Crippen LogP contribution in [0.25, 0.3) is 0 Å². The Hall–Kier alpha value is -2.99. The highest BCUT2D eigenvalue weighted by molar-refractivity contribution is 5.65. The third kappa shape index (κ3) is 6.04. The van der Waals surface area contributed by atoms with Crippen LogP contribution in [-0.2, 0) is 24.6 Å². The molecule has 0 spiro atoms. The first-order valence-corrected chi connectivity index (χ1v) is 10.8. The molecule has 0 aliphatic heterocycles. The maximum Gasteiger partial charge on any atom is 0.302 e. The van der Waals surface area contributed by atoms with Crippen molar-refractivity contribution in [1.82, 2.24) is 0 Å². The molecule has 168 valence electrons. The molecular weight excluding hydrogens is 404 g/mol. The fourth-order valence-corrected chi connectivity index (χ4v) is 3.75. The fraction of sp³-hybridized carbons (Fsp3) is 0.296. The number of rotatable bonds is 12. The van der Waals surface area contributed by atoms with Crippen LogP contribution >= 0.6 is 0 Å². The van der Waals surface area contributed by atoms with Crippen LogP contribution in [0.3, 0.4) is 0 Å². The summed E-state index contributed by atoms with van der Waals surface area (Å²) in [5.74, 6) is -0.347. The Morgan fingerprint density at radius 2 is 1.28 bits per heavy atom. The van der Waals surface area contributed by atoms with Gasteiger partial charge < -0.3 is 19.3 Å². The van der Waals surface area contributed by atoms with Gasteiger partial charge in [-0.1, -0.05) is 91.0 Å². The van der Waals surface area contributed by atoms with Crippen molar-refractivity contribution < 1.29 is 24.1 Å². The van der Waals surface area contributed by atoms with Crippen molar-refractivity contribution in [2.75, 3.05) is 26.4 Å². The molecule has 0 saturated carbocycles. The lowest BCUT2D eigenvalue weighted by Crippen LogP contribution is -2.37. The van der Waals surface area contributed by atoms with E-state index in [9.17, 15) is 9.90 Å². The second kappa shape index (κ2) is 12.2. The normalized spacial score (nSPS) is 12.3. The van der Waals surface area contributed by atoms with Crippen molar-refractivity contribution in [1.29, 1.82) is 0 Å². The molecule has 0 radical (unpaired) electrons. The van der Waals surface area contributed by atoms with Gasteiger partial charge in [-0.2, -0.15) is 0 Å². The minimum absolute atomic E-state index is 0.0311. The molecule has 0 aliphatic carbocycles. The number of esters is 1. The van der Waals surface area contributed by atoms with Crippen molar-refractivity contribution in [2.45, 2.75) is 25.0 Å². The molecule has 1 atom stereocenters. The smallest absolute Gasteiger partial charge is 0.302 e. The van der Waals surface area contributed by atoms with Gasteiger partial charge >= 0.3 is 5.97 Å². The van der Waals surface area contributed by atoms with Gasteiger partial charge in [0.1, 0.15) is 12.2 Å². The monoisotopic (exact) mass is 434 g/mol. The third-order valence-corrected chi connectivity index (χ3v) is 5.22. The number of aliphatic hydroxyl groups excluding tert-OH is 1. The summed E-state index contributed by atoms with van der Waals surface area (Å²) in [6.45, 7) is 1.99. The lowest BCUT2D eigenvalue weighted by molar-refractivity contribution is -0.144. The summed E-state index contributed by atoms with van der Waals surface area (Å²) in [6, 6.07) is 30.3. The predicted octanol–water partition coefficient (Wildman–Crippen LogP) is 4.33. The molecule has 1 N–H and O–H groups in total. The average molecular weight is 435 g/mol. The highest BCUT2D eigenvalue weighted by atomic mass is 16.6. The van der Waals surface area contributed by atoms with Crippen molar-refractivity contribution in [3.05, 3.63) is 108 Å². The van der Waals surface area contributed by atoms with E-state index < -0.39 is 5.60 Å². The van der Waals surface area contributed by atoms with E-state index in [0.717, 1.165) is 16.7 Å². The van der Waals surface area contributed by atoms with Gasteiger partial charge in [-0.05, 0) is 23.1 Å². The van der Waals surface area contributed by atoms with E-state index in [1.54, 1.807) is 0 Å². The fourth-order valence-electron chi connectivity index (χ4n) is 3.75. The van der Waals surface area contributed by atoms with Gasteiger partial charge in [0.25, 0.3) is 0 Å². The first-order chi connectivity index (χ1) is 15.7. The quantitative estimate of drug-likeness (QED) is 0.261. The summed E-state index contributed by atoms with van der Waals surface area (Å²) < 4.78 is 17.6. The van der Waals surface area contributed by atoms with Gasteiger partial charge in [-0.25, -0.2) is 0 Å². The van der Waals surface area contributed by atoms with Gasteiger partial charge in [0, 0.05) is 13.5 Å². The zero-order chi connectivity index (χ0) is 22.7. The zero-order valence-corrected chi connectivity index (χ0v) is 18.4. The first kappa shape index (κ1) is 23.7. The molecule has 0 saturated heterocycles. The van der Waals surface area contributed by atoms with Crippen molar-refractivity contribution >= 4 is 5.97 Å². The van der Waals surface area contributed by atoms with Crippen LogP contribution in [-0.4, -0.2) is 43.6 Å². The summed E-state index contributed by atoms with van der Waals surface area (Å²) in [7, 11) is 0. The minimum atomic E-state index is -0.850. The Bertz CT molecular complexity index is 831. The van der Waals surface area contributed by atoms with Crippen LogP contribution in [0.2, 0.25) is 0 Å². The number of ether oxygens (including phenoxy) is 3. The van der Waals surface area contributed by atoms with E-state index >= 15 is 0 Å².